The van der Waals surface area contributed by atoms with E-state index in [9.17, 15) is 0 Å². The second kappa shape index (κ2) is 5.70. The van der Waals surface area contributed by atoms with Crippen molar-refractivity contribution < 1.29 is 4.74 Å². The van der Waals surface area contributed by atoms with E-state index in [-0.39, 0.29) is 0 Å². The van der Waals surface area contributed by atoms with Gasteiger partial charge in [0.25, 0.3) is 0 Å². The first-order valence-electron chi connectivity index (χ1n) is 6.07. The molecule has 0 amide bonds. The molecule has 1 unspecified atom stereocenters. The van der Waals surface area contributed by atoms with E-state index in [0.717, 1.165) is 25.3 Å². The van der Waals surface area contributed by atoms with Crippen molar-refractivity contribution in [2.45, 2.75) is 12.8 Å². The highest BCUT2D eigenvalue weighted by Crippen LogP contribution is 2.23. The molecule has 90 valence electrons. The highest BCUT2D eigenvalue weighted by Gasteiger charge is 2.19. The topological polar surface area (TPSA) is 36.3 Å². The molecule has 0 bridgehead atoms. The van der Waals surface area contributed by atoms with Crippen molar-refractivity contribution in [2.24, 2.45) is 5.92 Å². The molecule has 17 heavy (non-hydrogen) atoms. The molecule has 0 aliphatic carbocycles. The summed E-state index contributed by atoms with van der Waals surface area (Å²) in [6.45, 7) is 3.00. The minimum absolute atomic E-state index is 0.629. The third-order valence-electron chi connectivity index (χ3n) is 3.28. The van der Waals surface area contributed by atoms with Crippen LogP contribution in [-0.2, 0) is 4.74 Å². The fourth-order valence-electron chi connectivity index (χ4n) is 2.42. The van der Waals surface area contributed by atoms with Crippen molar-refractivity contribution in [1.82, 2.24) is 0 Å². The van der Waals surface area contributed by atoms with Crippen LogP contribution >= 0.6 is 0 Å². The van der Waals surface area contributed by atoms with Crippen molar-refractivity contribution in [3.8, 4) is 6.07 Å². The number of rotatable bonds is 3. The normalized spacial score (nSPS) is 20.0. The van der Waals surface area contributed by atoms with Gasteiger partial charge in [-0.25, -0.2) is 0 Å². The van der Waals surface area contributed by atoms with Crippen molar-refractivity contribution >= 4 is 5.69 Å². The monoisotopic (exact) mass is 230 g/mol. The Labute approximate surface area is 103 Å². The van der Waals surface area contributed by atoms with Crippen LogP contribution in [0.2, 0.25) is 0 Å². The number of hydrogen-bond acceptors (Lipinski definition) is 3. The molecule has 1 heterocycles. The zero-order chi connectivity index (χ0) is 12.1. The second-order valence-corrected chi connectivity index (χ2v) is 4.57. The third kappa shape index (κ3) is 2.98. The lowest BCUT2D eigenvalue weighted by Crippen LogP contribution is -2.37. The number of hydrogen-bond donors (Lipinski definition) is 0. The molecule has 2 rings (SSSR count). The average molecular weight is 230 g/mol. The Hall–Kier alpha value is -1.53. The Bertz CT molecular complexity index is 392. The quantitative estimate of drug-likeness (QED) is 0.800. The molecule has 1 atom stereocenters. The molecule has 3 nitrogen and oxygen atoms in total. The highest BCUT2D eigenvalue weighted by atomic mass is 16.5. The fraction of sp³-hybridized carbons (Fsp3) is 0.500. The molecule has 1 aliphatic heterocycles. The first kappa shape index (κ1) is 11.9. The van der Waals surface area contributed by atoms with E-state index in [1.54, 1.807) is 7.11 Å². The number of anilines is 1. The van der Waals surface area contributed by atoms with Gasteiger partial charge in [0.05, 0.1) is 18.2 Å². The summed E-state index contributed by atoms with van der Waals surface area (Å²) < 4.78 is 5.23. The maximum atomic E-state index is 8.77. The van der Waals surface area contributed by atoms with Crippen molar-refractivity contribution in [1.29, 1.82) is 5.26 Å². The van der Waals surface area contributed by atoms with Crippen LogP contribution < -0.4 is 4.90 Å². The predicted octanol–water partition coefficient (Wildman–Crippen LogP) is 2.42. The van der Waals surface area contributed by atoms with Crippen LogP contribution in [0.25, 0.3) is 0 Å². The van der Waals surface area contributed by atoms with Crippen LogP contribution in [0.3, 0.4) is 0 Å². The molecule has 1 fully saturated rings. The van der Waals surface area contributed by atoms with Gasteiger partial charge in [0.15, 0.2) is 0 Å². The Balaban J connectivity index is 2.03. The highest BCUT2D eigenvalue weighted by molar-refractivity contribution is 5.50. The van der Waals surface area contributed by atoms with Gasteiger partial charge in [0.1, 0.15) is 0 Å². The van der Waals surface area contributed by atoms with Gasteiger partial charge >= 0.3 is 0 Å². The second-order valence-electron chi connectivity index (χ2n) is 4.57. The largest absolute Gasteiger partial charge is 0.384 e. The molecule has 0 aromatic heterocycles. The first-order valence-corrected chi connectivity index (χ1v) is 6.07. The fourth-order valence-corrected chi connectivity index (χ4v) is 2.42. The zero-order valence-electron chi connectivity index (χ0n) is 10.2. The van der Waals surface area contributed by atoms with Crippen LogP contribution in [-0.4, -0.2) is 26.8 Å². The number of ether oxygens (including phenoxy) is 1. The van der Waals surface area contributed by atoms with Crippen molar-refractivity contribution in [3.63, 3.8) is 0 Å². The summed E-state index contributed by atoms with van der Waals surface area (Å²) in [6.07, 6.45) is 2.47. The van der Waals surface area contributed by atoms with E-state index in [0.29, 0.717) is 5.92 Å². The Morgan fingerprint density at radius 1 is 1.41 bits per heavy atom. The lowest BCUT2D eigenvalue weighted by atomic mass is 9.98. The van der Waals surface area contributed by atoms with Gasteiger partial charge in [-0.2, -0.15) is 5.26 Å². The molecule has 3 heteroatoms. The van der Waals surface area contributed by atoms with Gasteiger partial charge in [0.2, 0.25) is 0 Å². The Morgan fingerprint density at radius 2 is 2.18 bits per heavy atom. The van der Waals surface area contributed by atoms with E-state index in [1.165, 1.54) is 18.5 Å². The molecule has 1 aromatic rings. The minimum Gasteiger partial charge on any atom is -0.384 e. The van der Waals surface area contributed by atoms with Gasteiger partial charge in [-0.05, 0) is 43.0 Å². The summed E-state index contributed by atoms with van der Waals surface area (Å²) >= 11 is 0. The number of methoxy groups -OCH3 is 1. The van der Waals surface area contributed by atoms with E-state index in [2.05, 4.69) is 11.0 Å². The molecule has 1 aromatic carbocycles. The summed E-state index contributed by atoms with van der Waals surface area (Å²) in [7, 11) is 1.76. The van der Waals surface area contributed by atoms with Gasteiger partial charge in [-0.3, -0.25) is 0 Å². The standard InChI is InChI=1S/C14H18N2O/c1-17-11-13-3-2-8-16(10-13)14-6-4-12(9-15)5-7-14/h4-7,13H,2-3,8,10-11H2,1H3. The summed E-state index contributed by atoms with van der Waals surface area (Å²) in [6, 6.07) is 9.99. The molecule has 0 radical (unpaired) electrons. The zero-order valence-corrected chi connectivity index (χ0v) is 10.2. The van der Waals surface area contributed by atoms with Gasteiger partial charge in [-0.15, -0.1) is 0 Å². The van der Waals surface area contributed by atoms with Crippen LogP contribution in [0.5, 0.6) is 0 Å². The average Bonchev–Trinajstić information content (AvgIpc) is 2.40. The molecule has 1 saturated heterocycles. The predicted molar refractivity (Wildman–Crippen MR) is 68.0 cm³/mol. The Kier molecular flexibility index (Phi) is 4.00. The van der Waals surface area contributed by atoms with Crippen LogP contribution in [0, 0.1) is 17.2 Å². The first-order chi connectivity index (χ1) is 8.33. The van der Waals surface area contributed by atoms with Crippen LogP contribution in [0.15, 0.2) is 24.3 Å². The molecule has 0 N–H and O–H groups in total. The van der Waals surface area contributed by atoms with Crippen molar-refractivity contribution in [3.05, 3.63) is 29.8 Å². The summed E-state index contributed by atoms with van der Waals surface area (Å²) in [4.78, 5) is 2.38. The van der Waals surface area contributed by atoms with Crippen LogP contribution in [0.1, 0.15) is 18.4 Å². The van der Waals surface area contributed by atoms with Crippen molar-refractivity contribution in [2.75, 3.05) is 31.7 Å². The summed E-state index contributed by atoms with van der Waals surface area (Å²) in [5.41, 5.74) is 1.93. The summed E-state index contributed by atoms with van der Waals surface area (Å²) in [5, 5.41) is 8.77. The number of piperidine rings is 1. The van der Waals surface area contributed by atoms with E-state index < -0.39 is 0 Å². The van der Waals surface area contributed by atoms with Gasteiger partial charge in [-0.1, -0.05) is 0 Å². The van der Waals surface area contributed by atoms with Gasteiger partial charge < -0.3 is 9.64 Å². The maximum Gasteiger partial charge on any atom is 0.0991 e. The molecular weight excluding hydrogens is 212 g/mol. The molecule has 0 saturated carbocycles. The number of nitriles is 1. The summed E-state index contributed by atoms with van der Waals surface area (Å²) in [5.74, 6) is 0.629. The van der Waals surface area contributed by atoms with Crippen LogP contribution in [0.4, 0.5) is 5.69 Å². The number of benzene rings is 1. The SMILES string of the molecule is COCC1CCCN(c2ccc(C#N)cc2)C1. The molecule has 1 aliphatic rings. The van der Waals surface area contributed by atoms with E-state index in [4.69, 9.17) is 10.00 Å². The van der Waals surface area contributed by atoms with E-state index >= 15 is 0 Å². The number of nitrogens with zero attached hydrogens (tertiary/aromatic N) is 2. The minimum atomic E-state index is 0.629. The smallest absolute Gasteiger partial charge is 0.0991 e. The lowest BCUT2D eigenvalue weighted by molar-refractivity contribution is 0.143. The molecular formula is C14H18N2O. The van der Waals surface area contributed by atoms with Gasteiger partial charge in [0, 0.05) is 25.9 Å². The molecule has 0 spiro atoms. The van der Waals surface area contributed by atoms with E-state index in [1.807, 2.05) is 24.3 Å². The third-order valence-corrected chi connectivity index (χ3v) is 3.28. The lowest BCUT2D eigenvalue weighted by Gasteiger charge is -2.34. The maximum absolute atomic E-state index is 8.77. The Morgan fingerprint density at radius 3 is 2.82 bits per heavy atom.